The Balaban J connectivity index is 1.02. The van der Waals surface area contributed by atoms with Crippen LogP contribution in [-0.4, -0.2) is 16.1 Å². The monoisotopic (exact) mass is 1020 g/mol. The number of benzene rings is 14. The SMILES string of the molecule is c1ccc([Si](c2ccccc2)(c2ccccc2)c2ccc(-c3c4ccccc4c(-c4ccc([Si](c5ccccc5)(c5ccccc5)c5ccccc5)cc4)c4cc(-c5cc6ccccc6c6ccccc56)ccc34)cc2)cc1. The molecule has 14 rings (SSSR count). The van der Waals surface area contributed by atoms with Crippen LogP contribution in [0.4, 0.5) is 0 Å². The van der Waals surface area contributed by atoms with Gasteiger partial charge >= 0.3 is 0 Å². The van der Waals surface area contributed by atoms with Gasteiger partial charge in [-0.3, -0.25) is 0 Å². The summed E-state index contributed by atoms with van der Waals surface area (Å²) in [5.74, 6) is 0. The molecule has 0 fully saturated rings. The molecule has 14 aromatic carbocycles. The maximum absolute atomic E-state index is 2.77. The molecule has 0 aliphatic rings. The van der Waals surface area contributed by atoms with Gasteiger partial charge in [0.2, 0.25) is 0 Å². The van der Waals surface area contributed by atoms with Crippen LogP contribution in [0.1, 0.15) is 0 Å². The van der Waals surface area contributed by atoms with Crippen molar-refractivity contribution in [3.63, 3.8) is 0 Å². The highest BCUT2D eigenvalue weighted by Crippen LogP contribution is 2.46. The van der Waals surface area contributed by atoms with Gasteiger partial charge in [0, 0.05) is 0 Å². The molecule has 0 unspecified atom stereocenters. The van der Waals surface area contributed by atoms with E-state index in [2.05, 4.69) is 328 Å². The molecular weight excluding hydrogens is 969 g/mol. The third kappa shape index (κ3) is 7.71. The summed E-state index contributed by atoms with van der Waals surface area (Å²) < 4.78 is 0. The Morgan fingerprint density at radius 1 is 0.167 bits per heavy atom. The van der Waals surface area contributed by atoms with Crippen LogP contribution in [0.25, 0.3) is 76.5 Å². The van der Waals surface area contributed by atoms with E-state index >= 15 is 0 Å². The first-order chi connectivity index (χ1) is 38.7. The van der Waals surface area contributed by atoms with Crippen molar-refractivity contribution in [2.75, 3.05) is 0 Å². The number of fused-ring (bicyclic) bond motifs is 5. The van der Waals surface area contributed by atoms with Crippen molar-refractivity contribution in [2.24, 2.45) is 0 Å². The molecule has 366 valence electrons. The molecule has 0 spiro atoms. The summed E-state index contributed by atoms with van der Waals surface area (Å²) in [7, 11) is -5.52. The molecule has 0 N–H and O–H groups in total. The Labute approximate surface area is 458 Å². The van der Waals surface area contributed by atoms with Gasteiger partial charge in [-0.15, -0.1) is 0 Å². The van der Waals surface area contributed by atoms with Gasteiger partial charge in [0.25, 0.3) is 0 Å². The lowest BCUT2D eigenvalue weighted by molar-refractivity contribution is 1.64. The molecule has 2 heteroatoms. The first kappa shape index (κ1) is 47.0. The molecule has 0 aliphatic carbocycles. The Hall–Kier alpha value is -9.45. The predicted molar refractivity (Wildman–Crippen MR) is 340 cm³/mol. The molecule has 0 bridgehead atoms. The van der Waals surface area contributed by atoms with Crippen LogP contribution < -0.4 is 41.5 Å². The molecule has 78 heavy (non-hydrogen) atoms. The fourth-order valence-corrected chi connectivity index (χ4v) is 22.7. The summed E-state index contributed by atoms with van der Waals surface area (Å²) >= 11 is 0. The largest absolute Gasteiger partial charge is 0.179 e. The zero-order valence-electron chi connectivity index (χ0n) is 43.2. The van der Waals surface area contributed by atoms with Crippen LogP contribution in [0.3, 0.4) is 0 Å². The highest BCUT2D eigenvalue weighted by atomic mass is 28.3. The minimum atomic E-state index is -2.77. The lowest BCUT2D eigenvalue weighted by Crippen LogP contribution is -2.74. The second-order valence-electron chi connectivity index (χ2n) is 20.6. The summed E-state index contributed by atoms with van der Waals surface area (Å²) in [4.78, 5) is 0. The Morgan fingerprint density at radius 3 is 0.846 bits per heavy atom. The first-order valence-corrected chi connectivity index (χ1v) is 31.2. The van der Waals surface area contributed by atoms with Crippen molar-refractivity contribution < 1.29 is 0 Å². The van der Waals surface area contributed by atoms with E-state index in [1.807, 2.05) is 0 Å². The van der Waals surface area contributed by atoms with Crippen LogP contribution in [0.2, 0.25) is 0 Å². The summed E-state index contributed by atoms with van der Waals surface area (Å²) in [5, 5.41) is 20.9. The number of rotatable bonds is 11. The van der Waals surface area contributed by atoms with Crippen molar-refractivity contribution in [3.8, 4) is 33.4 Å². The van der Waals surface area contributed by atoms with Crippen molar-refractivity contribution in [3.05, 3.63) is 328 Å². The Bertz CT molecular complexity index is 4240. The summed E-state index contributed by atoms with van der Waals surface area (Å²) in [6, 6.07) is 123. The Morgan fingerprint density at radius 2 is 0.449 bits per heavy atom. The van der Waals surface area contributed by atoms with Gasteiger partial charge < -0.3 is 0 Å². The summed E-state index contributed by atoms with van der Waals surface area (Å²) in [5.41, 5.74) is 7.33. The number of hydrogen-bond donors (Lipinski definition) is 0. The fourth-order valence-electron chi connectivity index (χ4n) is 13.2. The van der Waals surface area contributed by atoms with Gasteiger partial charge in [-0.1, -0.05) is 315 Å². The minimum Gasteiger partial charge on any atom is -0.0623 e. The van der Waals surface area contributed by atoms with Gasteiger partial charge in [0.1, 0.15) is 0 Å². The van der Waals surface area contributed by atoms with E-state index in [4.69, 9.17) is 0 Å². The lowest BCUT2D eigenvalue weighted by Gasteiger charge is -2.34. The second-order valence-corrected chi connectivity index (χ2v) is 28.2. The third-order valence-corrected chi connectivity index (χ3v) is 26.2. The van der Waals surface area contributed by atoms with Crippen molar-refractivity contribution in [2.45, 2.75) is 0 Å². The molecule has 0 saturated heterocycles. The van der Waals surface area contributed by atoms with Crippen LogP contribution in [-0.2, 0) is 0 Å². The minimum absolute atomic E-state index is 1.20. The topological polar surface area (TPSA) is 0 Å². The molecule has 0 aliphatic heterocycles. The maximum Gasteiger partial charge on any atom is 0.179 e. The fraction of sp³-hybridized carbons (Fsp3) is 0. The van der Waals surface area contributed by atoms with Crippen molar-refractivity contribution in [1.82, 2.24) is 0 Å². The highest BCUT2D eigenvalue weighted by molar-refractivity contribution is 7.20. The molecule has 0 nitrogen and oxygen atoms in total. The highest BCUT2D eigenvalue weighted by Gasteiger charge is 2.42. The van der Waals surface area contributed by atoms with Gasteiger partial charge in [-0.05, 0) is 130 Å². The molecular formula is C76H54Si2. The molecule has 0 heterocycles. The van der Waals surface area contributed by atoms with E-state index < -0.39 is 16.1 Å². The normalized spacial score (nSPS) is 11.8. The van der Waals surface area contributed by atoms with Crippen molar-refractivity contribution >= 4 is 101 Å². The zero-order valence-corrected chi connectivity index (χ0v) is 45.2. The average Bonchev–Trinajstić information content (AvgIpc) is 3.57. The van der Waals surface area contributed by atoms with E-state index in [-0.39, 0.29) is 0 Å². The predicted octanol–water partition coefficient (Wildman–Crippen LogP) is 14.1. The average molecular weight is 1020 g/mol. The van der Waals surface area contributed by atoms with Crippen LogP contribution >= 0.6 is 0 Å². The van der Waals surface area contributed by atoms with E-state index in [9.17, 15) is 0 Å². The van der Waals surface area contributed by atoms with E-state index in [0.29, 0.717) is 0 Å². The lowest BCUT2D eigenvalue weighted by atomic mass is 9.84. The molecule has 0 amide bonds. The van der Waals surface area contributed by atoms with Gasteiger partial charge in [0.05, 0.1) is 0 Å². The Kier molecular flexibility index (Phi) is 12.0. The molecule has 0 saturated carbocycles. The molecule has 0 radical (unpaired) electrons. The second kappa shape index (κ2) is 19.9. The van der Waals surface area contributed by atoms with Crippen LogP contribution in [0.15, 0.2) is 328 Å². The standard InChI is InChI=1S/C76H54Si2/c1-7-26-59(27-8-1)77(60-28-9-2-10-29-60,61-30-11-3-12-31-61)65-48-43-55(44-49-65)75-70-41-23-24-42-71(70)76(74-54-58(47-52-72(74)75)73-53-57-25-19-20-38-67(57)68-39-21-22-40-69(68)73)56-45-50-66(51-46-56)78(62-32-13-4-14-33-62,63-34-15-5-16-35-63)64-36-17-6-18-37-64/h1-54H. The number of hydrogen-bond acceptors (Lipinski definition) is 0. The molecule has 0 aromatic heterocycles. The maximum atomic E-state index is 2.49. The smallest absolute Gasteiger partial charge is 0.0623 e. The van der Waals surface area contributed by atoms with Crippen LogP contribution in [0.5, 0.6) is 0 Å². The first-order valence-electron chi connectivity index (χ1n) is 27.2. The third-order valence-electron chi connectivity index (χ3n) is 16.6. The van der Waals surface area contributed by atoms with E-state index in [1.54, 1.807) is 0 Å². The summed E-state index contributed by atoms with van der Waals surface area (Å²) in [6.07, 6.45) is 0. The zero-order chi connectivity index (χ0) is 51.9. The quantitative estimate of drug-likeness (QED) is 0.0524. The van der Waals surface area contributed by atoms with E-state index in [1.165, 1.54) is 118 Å². The molecule has 0 atom stereocenters. The van der Waals surface area contributed by atoms with Crippen LogP contribution in [0, 0.1) is 0 Å². The van der Waals surface area contributed by atoms with Gasteiger partial charge in [-0.25, -0.2) is 0 Å². The van der Waals surface area contributed by atoms with Gasteiger partial charge in [0.15, 0.2) is 16.1 Å². The summed E-state index contributed by atoms with van der Waals surface area (Å²) in [6.45, 7) is 0. The molecule has 14 aromatic rings. The van der Waals surface area contributed by atoms with E-state index in [0.717, 1.165) is 0 Å². The van der Waals surface area contributed by atoms with Crippen molar-refractivity contribution in [1.29, 1.82) is 0 Å². The van der Waals surface area contributed by atoms with Gasteiger partial charge in [-0.2, -0.15) is 0 Å².